The zero-order valence-electron chi connectivity index (χ0n) is 11.3. The van der Waals surface area contributed by atoms with Gasteiger partial charge in [0.2, 0.25) is 0 Å². The molecule has 0 aliphatic carbocycles. The van der Waals surface area contributed by atoms with Gasteiger partial charge in [-0.15, -0.1) is 0 Å². The summed E-state index contributed by atoms with van der Waals surface area (Å²) in [6.07, 6.45) is 0. The number of benzene rings is 2. The number of phenolic OH excluding ortho intramolecular Hbond substituents is 1. The third-order valence-corrected chi connectivity index (χ3v) is 3.11. The molecule has 0 atom stereocenters. The summed E-state index contributed by atoms with van der Waals surface area (Å²) in [7, 11) is 1.74. The van der Waals surface area contributed by atoms with E-state index in [1.54, 1.807) is 30.1 Å². The summed E-state index contributed by atoms with van der Waals surface area (Å²) >= 11 is 0. The Hall–Kier alpha value is -2.29. The number of carbonyl (C=O) groups excluding carboxylic acids is 1. The van der Waals surface area contributed by atoms with Crippen molar-refractivity contribution in [1.29, 1.82) is 0 Å². The van der Waals surface area contributed by atoms with Crippen LogP contribution in [0.25, 0.3) is 0 Å². The van der Waals surface area contributed by atoms with Crippen LogP contribution in [0.15, 0.2) is 42.5 Å². The summed E-state index contributed by atoms with van der Waals surface area (Å²) in [4.78, 5) is 14.0. The molecule has 2 rings (SSSR count). The summed E-state index contributed by atoms with van der Waals surface area (Å²) in [5, 5.41) is 9.43. The molecule has 0 fully saturated rings. The Morgan fingerprint density at radius 1 is 1.11 bits per heavy atom. The maximum Gasteiger partial charge on any atom is 0.258 e. The third-order valence-electron chi connectivity index (χ3n) is 3.11. The van der Waals surface area contributed by atoms with E-state index in [9.17, 15) is 9.90 Å². The molecule has 2 aromatic rings. The molecule has 3 nitrogen and oxygen atoms in total. The minimum absolute atomic E-state index is 0.0971. The van der Waals surface area contributed by atoms with Crippen LogP contribution in [-0.2, 0) is 0 Å². The lowest BCUT2D eigenvalue weighted by atomic mass is 10.1. The molecule has 0 radical (unpaired) electrons. The number of amides is 1. The van der Waals surface area contributed by atoms with Crippen molar-refractivity contribution in [2.75, 3.05) is 11.9 Å². The Bertz CT molecular complexity index is 620. The van der Waals surface area contributed by atoms with Crippen LogP contribution >= 0.6 is 0 Å². The van der Waals surface area contributed by atoms with E-state index >= 15 is 0 Å². The molecule has 2 aromatic carbocycles. The lowest BCUT2D eigenvalue weighted by molar-refractivity contribution is 0.0992. The SMILES string of the molecule is Cc1ccc(N(C)C(=O)c2cccc(O)c2)c(C)c1. The topological polar surface area (TPSA) is 40.5 Å². The number of phenols is 1. The van der Waals surface area contributed by atoms with Crippen molar-refractivity contribution in [1.82, 2.24) is 0 Å². The molecule has 0 heterocycles. The first-order valence-electron chi connectivity index (χ1n) is 6.13. The highest BCUT2D eigenvalue weighted by Gasteiger charge is 2.15. The number of hydrogen-bond acceptors (Lipinski definition) is 2. The Morgan fingerprint density at radius 2 is 1.84 bits per heavy atom. The Labute approximate surface area is 113 Å². The minimum atomic E-state index is -0.136. The fourth-order valence-electron chi connectivity index (χ4n) is 2.12. The molecule has 0 unspecified atom stereocenters. The lowest BCUT2D eigenvalue weighted by Crippen LogP contribution is -2.26. The van der Waals surface area contributed by atoms with E-state index in [4.69, 9.17) is 0 Å². The molecule has 0 spiro atoms. The van der Waals surface area contributed by atoms with Crippen molar-refractivity contribution in [2.24, 2.45) is 0 Å². The molecular weight excluding hydrogens is 238 g/mol. The summed E-state index contributed by atoms with van der Waals surface area (Å²) in [6, 6.07) is 12.3. The van der Waals surface area contributed by atoms with E-state index in [0.29, 0.717) is 5.56 Å². The van der Waals surface area contributed by atoms with Gasteiger partial charge in [-0.25, -0.2) is 0 Å². The van der Waals surface area contributed by atoms with Crippen molar-refractivity contribution >= 4 is 11.6 Å². The molecule has 0 saturated heterocycles. The van der Waals surface area contributed by atoms with Crippen LogP contribution in [0.3, 0.4) is 0 Å². The normalized spacial score (nSPS) is 10.3. The second-order valence-corrected chi connectivity index (χ2v) is 4.70. The average molecular weight is 255 g/mol. The van der Waals surface area contributed by atoms with Gasteiger partial charge in [0.1, 0.15) is 5.75 Å². The first-order valence-corrected chi connectivity index (χ1v) is 6.13. The first kappa shape index (κ1) is 13.1. The van der Waals surface area contributed by atoms with Crippen LogP contribution in [0, 0.1) is 13.8 Å². The van der Waals surface area contributed by atoms with Crippen molar-refractivity contribution in [3.63, 3.8) is 0 Å². The van der Waals surface area contributed by atoms with E-state index < -0.39 is 0 Å². The quantitative estimate of drug-likeness (QED) is 0.894. The maximum absolute atomic E-state index is 12.3. The van der Waals surface area contributed by atoms with E-state index in [2.05, 4.69) is 0 Å². The van der Waals surface area contributed by atoms with Gasteiger partial charge in [0.25, 0.3) is 5.91 Å². The van der Waals surface area contributed by atoms with E-state index in [1.165, 1.54) is 11.6 Å². The smallest absolute Gasteiger partial charge is 0.258 e. The van der Waals surface area contributed by atoms with Gasteiger partial charge >= 0.3 is 0 Å². The van der Waals surface area contributed by atoms with Gasteiger partial charge in [-0.1, -0.05) is 23.8 Å². The molecule has 98 valence electrons. The van der Waals surface area contributed by atoms with E-state index in [-0.39, 0.29) is 11.7 Å². The number of aryl methyl sites for hydroxylation is 2. The fourth-order valence-corrected chi connectivity index (χ4v) is 2.12. The molecule has 1 N–H and O–H groups in total. The van der Waals surface area contributed by atoms with Gasteiger partial charge in [0, 0.05) is 18.3 Å². The molecule has 0 aromatic heterocycles. The van der Waals surface area contributed by atoms with Gasteiger partial charge in [-0.05, 0) is 43.7 Å². The standard InChI is InChI=1S/C16H17NO2/c1-11-7-8-15(12(2)9-11)17(3)16(19)13-5-4-6-14(18)10-13/h4-10,18H,1-3H3. The number of carbonyl (C=O) groups is 1. The van der Waals surface area contributed by atoms with Crippen LogP contribution in [0.1, 0.15) is 21.5 Å². The molecule has 0 saturated carbocycles. The molecule has 0 aliphatic rings. The van der Waals surface area contributed by atoms with Crippen LogP contribution in [0.5, 0.6) is 5.75 Å². The fraction of sp³-hybridized carbons (Fsp3) is 0.188. The number of nitrogens with zero attached hydrogens (tertiary/aromatic N) is 1. The van der Waals surface area contributed by atoms with Crippen molar-refractivity contribution < 1.29 is 9.90 Å². The Balaban J connectivity index is 2.33. The van der Waals surface area contributed by atoms with E-state index in [0.717, 1.165) is 11.3 Å². The number of anilines is 1. The van der Waals surface area contributed by atoms with Crippen molar-refractivity contribution in [3.8, 4) is 5.75 Å². The van der Waals surface area contributed by atoms with Gasteiger partial charge < -0.3 is 10.0 Å². The highest BCUT2D eigenvalue weighted by molar-refractivity contribution is 6.06. The lowest BCUT2D eigenvalue weighted by Gasteiger charge is -2.20. The van der Waals surface area contributed by atoms with Crippen LogP contribution in [0.4, 0.5) is 5.69 Å². The second kappa shape index (κ2) is 5.14. The van der Waals surface area contributed by atoms with Gasteiger partial charge in [-0.3, -0.25) is 4.79 Å². The predicted molar refractivity (Wildman–Crippen MR) is 76.8 cm³/mol. The molecule has 0 bridgehead atoms. The Morgan fingerprint density at radius 3 is 2.47 bits per heavy atom. The number of rotatable bonds is 2. The van der Waals surface area contributed by atoms with E-state index in [1.807, 2.05) is 32.0 Å². The maximum atomic E-state index is 12.3. The van der Waals surface area contributed by atoms with Crippen molar-refractivity contribution in [2.45, 2.75) is 13.8 Å². The molecular formula is C16H17NO2. The molecule has 0 aliphatic heterocycles. The predicted octanol–water partition coefficient (Wildman–Crippen LogP) is 3.29. The summed E-state index contributed by atoms with van der Waals surface area (Å²) in [6.45, 7) is 4.00. The second-order valence-electron chi connectivity index (χ2n) is 4.70. The minimum Gasteiger partial charge on any atom is -0.508 e. The van der Waals surface area contributed by atoms with Gasteiger partial charge in [-0.2, -0.15) is 0 Å². The third kappa shape index (κ3) is 2.76. The zero-order chi connectivity index (χ0) is 14.0. The molecule has 1 amide bonds. The number of aromatic hydroxyl groups is 1. The molecule has 3 heteroatoms. The average Bonchev–Trinajstić information content (AvgIpc) is 2.37. The Kier molecular flexibility index (Phi) is 3.56. The molecule has 19 heavy (non-hydrogen) atoms. The largest absolute Gasteiger partial charge is 0.508 e. The summed E-state index contributed by atoms with van der Waals surface area (Å²) < 4.78 is 0. The number of hydrogen-bond donors (Lipinski definition) is 1. The van der Waals surface area contributed by atoms with Gasteiger partial charge in [0.15, 0.2) is 0 Å². The highest BCUT2D eigenvalue weighted by atomic mass is 16.3. The summed E-state index contributed by atoms with van der Waals surface area (Å²) in [5.41, 5.74) is 3.57. The monoisotopic (exact) mass is 255 g/mol. The van der Waals surface area contributed by atoms with Gasteiger partial charge in [0.05, 0.1) is 0 Å². The van der Waals surface area contributed by atoms with Crippen LogP contribution in [0.2, 0.25) is 0 Å². The van der Waals surface area contributed by atoms with Crippen LogP contribution in [-0.4, -0.2) is 18.1 Å². The highest BCUT2D eigenvalue weighted by Crippen LogP contribution is 2.22. The van der Waals surface area contributed by atoms with Crippen molar-refractivity contribution in [3.05, 3.63) is 59.2 Å². The zero-order valence-corrected chi connectivity index (χ0v) is 11.3. The summed E-state index contributed by atoms with van der Waals surface area (Å²) in [5.74, 6) is -0.0391. The first-order chi connectivity index (χ1) is 8.99. The van der Waals surface area contributed by atoms with Crippen LogP contribution < -0.4 is 4.90 Å².